The van der Waals surface area contributed by atoms with E-state index in [0.29, 0.717) is 39.8 Å². The lowest BCUT2D eigenvalue weighted by molar-refractivity contribution is -0.138. The van der Waals surface area contributed by atoms with Crippen molar-refractivity contribution in [2.24, 2.45) is 0 Å². The van der Waals surface area contributed by atoms with Gasteiger partial charge in [0.15, 0.2) is 0 Å². The molecule has 2 heterocycles. The minimum atomic E-state index is -0.538. The first kappa shape index (κ1) is 26.6. The van der Waals surface area contributed by atoms with Crippen molar-refractivity contribution in [3.8, 4) is 5.75 Å². The summed E-state index contributed by atoms with van der Waals surface area (Å²) in [6.45, 7) is 6.06. The highest BCUT2D eigenvalue weighted by Crippen LogP contribution is 2.38. The number of hydrogen-bond donors (Lipinski definition) is 1. The summed E-state index contributed by atoms with van der Waals surface area (Å²) in [5, 5.41) is 9.26. The van der Waals surface area contributed by atoms with Crippen LogP contribution in [0.15, 0.2) is 108 Å². The summed E-state index contributed by atoms with van der Waals surface area (Å²) < 4.78 is 13.1. The summed E-state index contributed by atoms with van der Waals surface area (Å²) >= 11 is 7.81. The highest BCUT2D eigenvalue weighted by Gasteiger charge is 2.35. The van der Waals surface area contributed by atoms with Gasteiger partial charge in [-0.05, 0) is 41.8 Å². The Morgan fingerprint density at radius 2 is 1.85 bits per heavy atom. The molecule has 1 atom stereocenters. The Kier molecular flexibility index (Phi) is 8.34. The Morgan fingerprint density at radius 3 is 2.59 bits per heavy atom. The number of thioether (sulfide) groups is 1. The number of rotatable bonds is 10. The Balaban J connectivity index is 1.42. The monoisotopic (exact) mass is 558 g/mol. The minimum Gasteiger partial charge on any atom is -0.489 e. The molecule has 1 aromatic heterocycles. The molecule has 198 valence electrons. The smallest absolute Gasteiger partial charge is 0.338 e. The number of aromatic nitrogens is 3. The van der Waals surface area contributed by atoms with Gasteiger partial charge in [-0.25, -0.2) is 9.48 Å². The number of anilines is 1. The van der Waals surface area contributed by atoms with Crippen LogP contribution in [0.4, 0.5) is 5.95 Å². The molecule has 0 radical (unpaired) electrons. The van der Waals surface area contributed by atoms with Gasteiger partial charge >= 0.3 is 5.97 Å². The lowest BCUT2D eigenvalue weighted by atomic mass is 9.96. The summed E-state index contributed by atoms with van der Waals surface area (Å²) in [6, 6.07) is 24.8. The lowest BCUT2D eigenvalue weighted by Gasteiger charge is -2.28. The standard InChI is InChI=1S/C30H27ClN4O3S/c1-3-17-37-28(36)26-20(2)32-29-33-30(39-19-23-11-7-8-12-25(23)31)34-35(29)27(26)22-13-15-24(16-14-22)38-18-21-9-5-4-6-10-21/h3-16,27H,1,17-19H2,2H3,(H,32,33,34). The highest BCUT2D eigenvalue weighted by atomic mass is 35.5. The summed E-state index contributed by atoms with van der Waals surface area (Å²) in [7, 11) is 0. The van der Waals surface area contributed by atoms with Crippen molar-refractivity contribution in [1.29, 1.82) is 0 Å². The van der Waals surface area contributed by atoms with Gasteiger partial charge in [0, 0.05) is 16.5 Å². The van der Waals surface area contributed by atoms with Crippen molar-refractivity contribution in [3.05, 3.63) is 125 Å². The molecule has 7 nitrogen and oxygen atoms in total. The van der Waals surface area contributed by atoms with Crippen LogP contribution in [0, 0.1) is 0 Å². The molecular formula is C30H27ClN4O3S. The summed E-state index contributed by atoms with van der Waals surface area (Å²) in [5.74, 6) is 1.44. The molecule has 5 rings (SSSR count). The number of carbonyl (C=O) groups excluding carboxylic acids is 1. The van der Waals surface area contributed by atoms with Crippen molar-refractivity contribution in [2.75, 3.05) is 11.9 Å². The largest absolute Gasteiger partial charge is 0.489 e. The molecule has 4 aromatic rings. The van der Waals surface area contributed by atoms with E-state index in [1.54, 1.807) is 10.8 Å². The number of carbonyl (C=O) groups is 1. The van der Waals surface area contributed by atoms with E-state index in [9.17, 15) is 4.79 Å². The molecular weight excluding hydrogens is 532 g/mol. The SMILES string of the molecule is C=CCOC(=O)C1=C(C)Nc2nc(SCc3ccccc3Cl)nn2C1c1ccc(OCc2ccccc2)cc1. The van der Waals surface area contributed by atoms with E-state index in [0.717, 1.165) is 22.4 Å². The molecule has 9 heteroatoms. The van der Waals surface area contributed by atoms with Gasteiger partial charge in [0.25, 0.3) is 0 Å². The number of hydrogen-bond acceptors (Lipinski definition) is 7. The second-order valence-corrected chi connectivity index (χ2v) is 10.2. The third-order valence-electron chi connectivity index (χ3n) is 6.14. The van der Waals surface area contributed by atoms with Gasteiger partial charge < -0.3 is 14.8 Å². The number of esters is 1. The first-order chi connectivity index (χ1) is 19.0. The molecule has 0 amide bonds. The van der Waals surface area contributed by atoms with Crippen LogP contribution in [0.25, 0.3) is 0 Å². The highest BCUT2D eigenvalue weighted by molar-refractivity contribution is 7.98. The second-order valence-electron chi connectivity index (χ2n) is 8.84. The second kappa shape index (κ2) is 12.2. The van der Waals surface area contributed by atoms with Crippen LogP contribution in [-0.4, -0.2) is 27.3 Å². The lowest BCUT2D eigenvalue weighted by Crippen LogP contribution is -2.29. The minimum absolute atomic E-state index is 0.109. The number of fused-ring (bicyclic) bond motifs is 1. The molecule has 39 heavy (non-hydrogen) atoms. The fourth-order valence-electron chi connectivity index (χ4n) is 4.22. The van der Waals surface area contributed by atoms with Crippen molar-refractivity contribution < 1.29 is 14.3 Å². The van der Waals surface area contributed by atoms with Gasteiger partial charge in [-0.3, -0.25) is 0 Å². The third kappa shape index (κ3) is 6.19. The van der Waals surface area contributed by atoms with E-state index in [4.69, 9.17) is 31.2 Å². The van der Waals surface area contributed by atoms with Gasteiger partial charge in [0.2, 0.25) is 11.1 Å². The molecule has 0 fully saturated rings. The third-order valence-corrected chi connectivity index (χ3v) is 7.40. The van der Waals surface area contributed by atoms with Crippen LogP contribution in [-0.2, 0) is 21.9 Å². The molecule has 0 saturated heterocycles. The van der Waals surface area contributed by atoms with E-state index in [1.165, 1.54) is 11.8 Å². The molecule has 3 aromatic carbocycles. The van der Waals surface area contributed by atoms with Crippen molar-refractivity contribution >= 4 is 35.3 Å². The van der Waals surface area contributed by atoms with Crippen LogP contribution in [0.5, 0.6) is 5.75 Å². The number of ether oxygens (including phenoxy) is 2. The van der Waals surface area contributed by atoms with Gasteiger partial charge in [-0.1, -0.05) is 96.7 Å². The van der Waals surface area contributed by atoms with Crippen LogP contribution in [0.2, 0.25) is 5.02 Å². The van der Waals surface area contributed by atoms with Gasteiger partial charge in [0.05, 0.1) is 5.57 Å². The molecule has 0 aliphatic carbocycles. The van der Waals surface area contributed by atoms with Gasteiger partial charge in [-0.15, -0.1) is 5.10 Å². The zero-order chi connectivity index (χ0) is 27.2. The number of allylic oxidation sites excluding steroid dienone is 1. The molecule has 0 spiro atoms. The summed E-state index contributed by atoms with van der Waals surface area (Å²) in [6.07, 6.45) is 1.54. The van der Waals surface area contributed by atoms with Gasteiger partial charge in [-0.2, -0.15) is 4.98 Å². The average Bonchev–Trinajstić information content (AvgIpc) is 3.37. The zero-order valence-corrected chi connectivity index (χ0v) is 22.9. The Hall–Kier alpha value is -4.01. The fourth-order valence-corrected chi connectivity index (χ4v) is 5.34. The Morgan fingerprint density at radius 1 is 1.10 bits per heavy atom. The van der Waals surface area contributed by atoms with Crippen molar-refractivity contribution in [3.63, 3.8) is 0 Å². The summed E-state index contributed by atoms with van der Waals surface area (Å²) in [5.41, 5.74) is 4.04. The van der Waals surface area contributed by atoms with Gasteiger partial charge in [0.1, 0.15) is 25.0 Å². The predicted molar refractivity (Wildman–Crippen MR) is 154 cm³/mol. The normalized spacial score (nSPS) is 14.4. The van der Waals surface area contributed by atoms with E-state index >= 15 is 0 Å². The number of nitrogens with one attached hydrogen (secondary N) is 1. The van der Waals surface area contributed by atoms with Crippen LogP contribution in [0.3, 0.4) is 0 Å². The zero-order valence-electron chi connectivity index (χ0n) is 21.3. The maximum atomic E-state index is 13.2. The van der Waals surface area contributed by atoms with Crippen molar-refractivity contribution in [2.45, 2.75) is 30.5 Å². The first-order valence-corrected chi connectivity index (χ1v) is 13.7. The predicted octanol–water partition coefficient (Wildman–Crippen LogP) is 6.82. The number of benzene rings is 3. The molecule has 1 N–H and O–H groups in total. The number of nitrogens with zero attached hydrogens (tertiary/aromatic N) is 3. The summed E-state index contributed by atoms with van der Waals surface area (Å²) in [4.78, 5) is 17.9. The quantitative estimate of drug-likeness (QED) is 0.130. The maximum absolute atomic E-state index is 13.2. The van der Waals surface area contributed by atoms with E-state index in [-0.39, 0.29) is 6.61 Å². The topological polar surface area (TPSA) is 78.3 Å². The molecule has 0 bridgehead atoms. The van der Waals surface area contributed by atoms with Crippen molar-refractivity contribution in [1.82, 2.24) is 14.8 Å². The van der Waals surface area contributed by atoms with E-state index in [1.807, 2.05) is 85.8 Å². The first-order valence-electron chi connectivity index (χ1n) is 12.4. The average molecular weight is 559 g/mol. The molecule has 1 unspecified atom stereocenters. The Labute approximate surface area is 236 Å². The fraction of sp³-hybridized carbons (Fsp3) is 0.167. The number of halogens is 1. The van der Waals surface area contributed by atoms with Crippen LogP contribution < -0.4 is 10.1 Å². The van der Waals surface area contributed by atoms with Crippen LogP contribution >= 0.6 is 23.4 Å². The maximum Gasteiger partial charge on any atom is 0.338 e. The van der Waals surface area contributed by atoms with Crippen LogP contribution in [0.1, 0.15) is 29.7 Å². The Bertz CT molecular complexity index is 1500. The molecule has 1 aliphatic rings. The molecule has 0 saturated carbocycles. The molecule has 1 aliphatic heterocycles. The van der Waals surface area contributed by atoms with E-state index in [2.05, 4.69) is 11.9 Å². The van der Waals surface area contributed by atoms with E-state index < -0.39 is 12.0 Å².